The molecule has 0 aromatic rings. The minimum atomic E-state index is -2.55. The molecule has 0 aliphatic rings. The largest absolute Gasteiger partial charge is 0.480 e. The van der Waals surface area contributed by atoms with Crippen LogP contribution in [0.4, 0.5) is 8.78 Å². The van der Waals surface area contributed by atoms with Crippen LogP contribution in [0.2, 0.25) is 0 Å². The van der Waals surface area contributed by atoms with Crippen molar-refractivity contribution in [3.05, 3.63) is 0 Å². The lowest BCUT2D eigenvalue weighted by atomic mass is 9.86. The fourth-order valence-electron chi connectivity index (χ4n) is 0.743. The summed E-state index contributed by atoms with van der Waals surface area (Å²) in [5.74, 6) is -1.25. The lowest BCUT2D eigenvalue weighted by Gasteiger charge is -2.24. The Morgan fingerprint density at radius 3 is 2.25 bits per heavy atom. The molecule has 5 heteroatoms. The van der Waals surface area contributed by atoms with Crippen molar-refractivity contribution in [2.75, 3.05) is 0 Å². The average Bonchev–Trinajstić information content (AvgIpc) is 1.85. The summed E-state index contributed by atoms with van der Waals surface area (Å²) in [6.45, 7) is 2.58. The van der Waals surface area contributed by atoms with Gasteiger partial charge in [-0.05, 0) is 6.42 Å². The Labute approximate surface area is 69.6 Å². The van der Waals surface area contributed by atoms with Gasteiger partial charge in [-0.1, -0.05) is 13.8 Å². The second kappa shape index (κ2) is 3.80. The fourth-order valence-corrected chi connectivity index (χ4v) is 0.743. The van der Waals surface area contributed by atoms with Gasteiger partial charge in [-0.3, -0.25) is 4.79 Å². The average molecular weight is 181 g/mol. The van der Waals surface area contributed by atoms with Gasteiger partial charge in [0.1, 0.15) is 6.04 Å². The van der Waals surface area contributed by atoms with Gasteiger partial charge in [0, 0.05) is 5.41 Å². The van der Waals surface area contributed by atoms with Gasteiger partial charge in [0.25, 0.3) is 0 Å². The van der Waals surface area contributed by atoms with Crippen molar-refractivity contribution in [1.29, 1.82) is 0 Å². The van der Waals surface area contributed by atoms with Crippen molar-refractivity contribution >= 4 is 5.97 Å². The third-order valence-electron chi connectivity index (χ3n) is 1.65. The highest BCUT2D eigenvalue weighted by atomic mass is 19.3. The molecule has 0 fully saturated rings. The molecule has 12 heavy (non-hydrogen) atoms. The Kier molecular flexibility index (Phi) is 3.57. The number of hydrogen-bond acceptors (Lipinski definition) is 2. The van der Waals surface area contributed by atoms with E-state index in [-0.39, 0.29) is 6.42 Å². The Morgan fingerprint density at radius 2 is 2.00 bits per heavy atom. The third kappa shape index (κ3) is 3.13. The number of carboxylic acid groups (broad SMARTS) is 1. The quantitative estimate of drug-likeness (QED) is 0.682. The molecule has 1 atom stereocenters. The highest BCUT2D eigenvalue weighted by Crippen LogP contribution is 2.29. The molecule has 0 unspecified atom stereocenters. The summed E-state index contributed by atoms with van der Waals surface area (Å²) in [7, 11) is 0. The molecule has 0 aliphatic carbocycles. The van der Waals surface area contributed by atoms with Crippen LogP contribution in [-0.2, 0) is 4.79 Å². The van der Waals surface area contributed by atoms with E-state index in [0.717, 1.165) is 0 Å². The maximum absolute atomic E-state index is 12.2. The van der Waals surface area contributed by atoms with Gasteiger partial charge < -0.3 is 10.8 Å². The minimum Gasteiger partial charge on any atom is -0.480 e. The van der Waals surface area contributed by atoms with E-state index in [1.54, 1.807) is 0 Å². The zero-order chi connectivity index (χ0) is 9.94. The lowest BCUT2D eigenvalue weighted by Crippen LogP contribution is -2.37. The predicted molar refractivity (Wildman–Crippen MR) is 40.0 cm³/mol. The van der Waals surface area contributed by atoms with Crippen LogP contribution in [0.15, 0.2) is 0 Å². The van der Waals surface area contributed by atoms with E-state index >= 15 is 0 Å². The summed E-state index contributed by atoms with van der Waals surface area (Å²) < 4.78 is 24.4. The maximum atomic E-state index is 12.2. The van der Waals surface area contributed by atoms with Gasteiger partial charge in [-0.2, -0.15) is 0 Å². The lowest BCUT2D eigenvalue weighted by molar-refractivity contribution is -0.140. The van der Waals surface area contributed by atoms with Crippen molar-refractivity contribution in [2.45, 2.75) is 32.7 Å². The third-order valence-corrected chi connectivity index (χ3v) is 1.65. The molecule has 3 nitrogen and oxygen atoms in total. The number of carboxylic acids is 1. The molecule has 0 spiro atoms. The van der Waals surface area contributed by atoms with E-state index in [9.17, 15) is 13.6 Å². The van der Waals surface area contributed by atoms with Gasteiger partial charge in [0.15, 0.2) is 0 Å². The molecule has 0 aromatic heterocycles. The molecule has 0 radical (unpaired) electrons. The van der Waals surface area contributed by atoms with Crippen molar-refractivity contribution < 1.29 is 18.7 Å². The molecule has 0 aromatic carbocycles. The molecule has 0 heterocycles. The molecular weight excluding hydrogens is 168 g/mol. The first-order valence-electron chi connectivity index (χ1n) is 3.54. The van der Waals surface area contributed by atoms with Crippen LogP contribution in [-0.4, -0.2) is 23.5 Å². The topological polar surface area (TPSA) is 63.3 Å². The zero-order valence-electron chi connectivity index (χ0n) is 7.05. The second-order valence-corrected chi connectivity index (χ2v) is 3.44. The zero-order valence-corrected chi connectivity index (χ0v) is 7.05. The van der Waals surface area contributed by atoms with E-state index in [1.165, 1.54) is 13.8 Å². The van der Waals surface area contributed by atoms with Crippen LogP contribution in [0.25, 0.3) is 0 Å². The molecule has 0 rings (SSSR count). The molecule has 0 saturated heterocycles. The summed E-state index contributed by atoms with van der Waals surface area (Å²) in [5.41, 5.74) is 3.77. The SMILES string of the molecule is CC(C)(C[C@@H](N)C(=O)O)C(F)F. The molecule has 0 bridgehead atoms. The van der Waals surface area contributed by atoms with Gasteiger partial charge in [-0.15, -0.1) is 0 Å². The summed E-state index contributed by atoms with van der Waals surface area (Å²) >= 11 is 0. The van der Waals surface area contributed by atoms with Crippen LogP contribution >= 0.6 is 0 Å². The van der Waals surface area contributed by atoms with Crippen LogP contribution in [0, 0.1) is 5.41 Å². The van der Waals surface area contributed by atoms with E-state index in [0.29, 0.717) is 0 Å². The number of hydrogen-bond donors (Lipinski definition) is 2. The van der Waals surface area contributed by atoms with Gasteiger partial charge in [-0.25, -0.2) is 8.78 Å². The van der Waals surface area contributed by atoms with E-state index in [2.05, 4.69) is 0 Å². The first-order valence-corrected chi connectivity index (χ1v) is 3.54. The number of alkyl halides is 2. The Balaban J connectivity index is 4.15. The van der Waals surface area contributed by atoms with Gasteiger partial charge in [0.2, 0.25) is 6.43 Å². The molecule has 3 N–H and O–H groups in total. The van der Waals surface area contributed by atoms with E-state index < -0.39 is 23.9 Å². The van der Waals surface area contributed by atoms with Crippen LogP contribution < -0.4 is 5.73 Å². The molecule has 0 saturated carbocycles. The fraction of sp³-hybridized carbons (Fsp3) is 0.857. The molecule has 72 valence electrons. The summed E-state index contributed by atoms with van der Waals surface area (Å²) in [6, 6.07) is -1.21. The second-order valence-electron chi connectivity index (χ2n) is 3.44. The standard InChI is InChI=1S/C7H13F2NO2/c1-7(2,6(8)9)3-4(10)5(11)12/h4,6H,3,10H2,1-2H3,(H,11,12)/t4-/m1/s1. The smallest absolute Gasteiger partial charge is 0.320 e. The van der Waals surface area contributed by atoms with E-state index in [4.69, 9.17) is 10.8 Å². The van der Waals surface area contributed by atoms with Gasteiger partial charge in [0.05, 0.1) is 0 Å². The van der Waals surface area contributed by atoms with E-state index in [1.807, 2.05) is 0 Å². The molecule has 0 aliphatic heterocycles. The first kappa shape index (κ1) is 11.3. The number of halogens is 2. The monoisotopic (exact) mass is 181 g/mol. The summed E-state index contributed by atoms with van der Waals surface area (Å²) in [5, 5.41) is 8.36. The summed E-state index contributed by atoms with van der Waals surface area (Å²) in [4.78, 5) is 10.2. The van der Waals surface area contributed by atoms with Crippen molar-refractivity contribution in [3.8, 4) is 0 Å². The normalized spacial score (nSPS) is 14.8. The number of carbonyl (C=O) groups is 1. The Hall–Kier alpha value is -0.710. The summed E-state index contributed by atoms with van der Waals surface area (Å²) in [6.07, 6.45) is -2.78. The van der Waals surface area contributed by atoms with Crippen LogP contribution in [0.3, 0.4) is 0 Å². The van der Waals surface area contributed by atoms with Gasteiger partial charge >= 0.3 is 5.97 Å². The highest BCUT2D eigenvalue weighted by Gasteiger charge is 2.33. The molecule has 0 amide bonds. The maximum Gasteiger partial charge on any atom is 0.320 e. The van der Waals surface area contributed by atoms with Crippen molar-refractivity contribution in [1.82, 2.24) is 0 Å². The highest BCUT2D eigenvalue weighted by molar-refractivity contribution is 5.73. The predicted octanol–water partition coefficient (Wildman–Crippen LogP) is 1.08. The number of nitrogens with two attached hydrogens (primary N) is 1. The van der Waals surface area contributed by atoms with Crippen LogP contribution in [0.1, 0.15) is 20.3 Å². The number of rotatable bonds is 4. The minimum absolute atomic E-state index is 0.222. The van der Waals surface area contributed by atoms with Crippen molar-refractivity contribution in [3.63, 3.8) is 0 Å². The number of aliphatic carboxylic acids is 1. The van der Waals surface area contributed by atoms with Crippen molar-refractivity contribution in [2.24, 2.45) is 11.1 Å². The first-order chi connectivity index (χ1) is 5.27. The molecular formula is C7H13F2NO2. The van der Waals surface area contributed by atoms with Crippen LogP contribution in [0.5, 0.6) is 0 Å². The Morgan fingerprint density at radius 1 is 1.58 bits per heavy atom. The Bertz CT molecular complexity index is 171.